The molecule has 1 amide bonds. The Kier molecular flexibility index (Phi) is 3.51. The van der Waals surface area contributed by atoms with Gasteiger partial charge in [0.2, 0.25) is 0 Å². The zero-order valence-electron chi connectivity index (χ0n) is 11.7. The van der Waals surface area contributed by atoms with Gasteiger partial charge in [-0.3, -0.25) is 9.48 Å². The molecule has 0 bridgehead atoms. The van der Waals surface area contributed by atoms with E-state index >= 15 is 0 Å². The molecule has 4 nitrogen and oxygen atoms in total. The Hall–Kier alpha value is -2.14. The zero-order valence-corrected chi connectivity index (χ0v) is 13.3. The molecule has 21 heavy (non-hydrogen) atoms. The molecule has 1 heterocycles. The Bertz CT molecular complexity index is 839. The predicted molar refractivity (Wildman–Crippen MR) is 87.5 cm³/mol. The Morgan fingerprint density at radius 2 is 2.00 bits per heavy atom. The molecule has 106 valence electrons. The van der Waals surface area contributed by atoms with E-state index in [1.807, 2.05) is 56.4 Å². The van der Waals surface area contributed by atoms with E-state index in [0.29, 0.717) is 5.69 Å². The summed E-state index contributed by atoms with van der Waals surface area (Å²) in [6.07, 6.45) is 0. The lowest BCUT2D eigenvalue weighted by molar-refractivity contribution is 0.102. The van der Waals surface area contributed by atoms with Crippen molar-refractivity contribution in [3.63, 3.8) is 0 Å². The second kappa shape index (κ2) is 5.33. The van der Waals surface area contributed by atoms with Crippen molar-refractivity contribution < 1.29 is 4.79 Å². The van der Waals surface area contributed by atoms with E-state index in [2.05, 4.69) is 26.3 Å². The minimum absolute atomic E-state index is 0.212. The van der Waals surface area contributed by atoms with Gasteiger partial charge in [-0.2, -0.15) is 5.10 Å². The van der Waals surface area contributed by atoms with Crippen molar-refractivity contribution in [2.24, 2.45) is 7.05 Å². The number of hydrogen-bond donors (Lipinski definition) is 1. The number of rotatable bonds is 2. The van der Waals surface area contributed by atoms with Crippen LogP contribution in [-0.2, 0) is 7.05 Å². The van der Waals surface area contributed by atoms with Gasteiger partial charge in [-0.1, -0.05) is 24.3 Å². The third-order valence-corrected chi connectivity index (χ3v) is 4.00. The first-order valence-electron chi connectivity index (χ1n) is 6.55. The smallest absolute Gasteiger partial charge is 0.276 e. The van der Waals surface area contributed by atoms with Crippen LogP contribution in [0.1, 0.15) is 16.1 Å². The van der Waals surface area contributed by atoms with Gasteiger partial charge in [0, 0.05) is 16.9 Å². The molecule has 0 aliphatic heterocycles. The van der Waals surface area contributed by atoms with Crippen LogP contribution in [-0.4, -0.2) is 15.7 Å². The van der Waals surface area contributed by atoms with Gasteiger partial charge in [0.15, 0.2) is 5.69 Å². The standard InChI is InChI=1S/C16H14BrN3O/c1-10-7-8-13(12(17)9-10)18-16(21)15-11-5-3-4-6-14(11)20(2)19-15/h3-9H,1-2H3,(H,18,21). The van der Waals surface area contributed by atoms with E-state index in [1.165, 1.54) is 0 Å². The van der Waals surface area contributed by atoms with Crippen LogP contribution in [0.25, 0.3) is 10.9 Å². The number of para-hydroxylation sites is 1. The number of carbonyl (C=O) groups excluding carboxylic acids is 1. The molecule has 3 aromatic rings. The summed E-state index contributed by atoms with van der Waals surface area (Å²) in [5, 5.41) is 8.07. The van der Waals surface area contributed by atoms with Gasteiger partial charge in [-0.05, 0) is 46.6 Å². The third-order valence-electron chi connectivity index (χ3n) is 3.35. The predicted octanol–water partition coefficient (Wildman–Crippen LogP) is 3.90. The number of aromatic nitrogens is 2. The molecule has 2 aromatic carbocycles. The van der Waals surface area contributed by atoms with Gasteiger partial charge in [0.25, 0.3) is 5.91 Å². The van der Waals surface area contributed by atoms with Crippen LogP contribution in [0.5, 0.6) is 0 Å². The van der Waals surface area contributed by atoms with Crippen LogP contribution in [0.2, 0.25) is 0 Å². The molecule has 0 atom stereocenters. The molecular weight excluding hydrogens is 330 g/mol. The summed E-state index contributed by atoms with van der Waals surface area (Å²) in [4.78, 5) is 12.5. The number of benzene rings is 2. The Morgan fingerprint density at radius 3 is 2.76 bits per heavy atom. The molecule has 5 heteroatoms. The number of amides is 1. The largest absolute Gasteiger partial charge is 0.320 e. The fourth-order valence-corrected chi connectivity index (χ4v) is 2.88. The van der Waals surface area contributed by atoms with Crippen molar-refractivity contribution >= 4 is 38.4 Å². The first-order chi connectivity index (χ1) is 10.1. The van der Waals surface area contributed by atoms with Gasteiger partial charge in [0.05, 0.1) is 11.2 Å². The first kappa shape index (κ1) is 13.8. The summed E-state index contributed by atoms with van der Waals surface area (Å²) in [7, 11) is 1.83. The van der Waals surface area contributed by atoms with Crippen LogP contribution >= 0.6 is 15.9 Å². The topological polar surface area (TPSA) is 46.9 Å². The second-order valence-electron chi connectivity index (χ2n) is 4.93. The molecule has 0 fully saturated rings. The Labute approximate surface area is 130 Å². The van der Waals surface area contributed by atoms with Crippen LogP contribution in [0.15, 0.2) is 46.9 Å². The Morgan fingerprint density at radius 1 is 1.24 bits per heavy atom. The van der Waals surface area contributed by atoms with Crippen molar-refractivity contribution in [2.45, 2.75) is 6.92 Å². The van der Waals surface area contributed by atoms with Crippen molar-refractivity contribution in [1.29, 1.82) is 0 Å². The number of nitrogens with one attached hydrogen (secondary N) is 1. The van der Waals surface area contributed by atoms with E-state index in [9.17, 15) is 4.79 Å². The number of hydrogen-bond acceptors (Lipinski definition) is 2. The summed E-state index contributed by atoms with van der Waals surface area (Å²) >= 11 is 3.46. The van der Waals surface area contributed by atoms with Crippen LogP contribution in [0, 0.1) is 6.92 Å². The summed E-state index contributed by atoms with van der Waals surface area (Å²) in [5.41, 5.74) is 3.23. The van der Waals surface area contributed by atoms with E-state index < -0.39 is 0 Å². The monoisotopic (exact) mass is 343 g/mol. The van der Waals surface area contributed by atoms with Crippen LogP contribution in [0.3, 0.4) is 0 Å². The highest BCUT2D eigenvalue weighted by Crippen LogP contribution is 2.25. The highest BCUT2D eigenvalue weighted by atomic mass is 79.9. The minimum atomic E-state index is -0.212. The van der Waals surface area contributed by atoms with Crippen molar-refractivity contribution in [3.8, 4) is 0 Å². The molecule has 3 rings (SSSR count). The van der Waals surface area contributed by atoms with Gasteiger partial charge < -0.3 is 5.32 Å². The lowest BCUT2D eigenvalue weighted by atomic mass is 10.2. The van der Waals surface area contributed by atoms with E-state index in [4.69, 9.17) is 0 Å². The van der Waals surface area contributed by atoms with Gasteiger partial charge in [-0.25, -0.2) is 0 Å². The second-order valence-corrected chi connectivity index (χ2v) is 5.78. The van der Waals surface area contributed by atoms with Crippen molar-refractivity contribution in [1.82, 2.24) is 9.78 Å². The maximum atomic E-state index is 12.5. The van der Waals surface area contributed by atoms with Crippen molar-refractivity contribution in [2.75, 3.05) is 5.32 Å². The molecule has 0 saturated carbocycles. The zero-order chi connectivity index (χ0) is 15.0. The molecule has 0 saturated heterocycles. The van der Waals surface area contributed by atoms with Crippen molar-refractivity contribution in [3.05, 3.63) is 58.2 Å². The fraction of sp³-hybridized carbons (Fsp3) is 0.125. The average Bonchev–Trinajstić information content (AvgIpc) is 2.80. The maximum Gasteiger partial charge on any atom is 0.276 e. The molecule has 0 spiro atoms. The molecule has 0 unspecified atom stereocenters. The third kappa shape index (κ3) is 2.56. The number of nitrogens with zero attached hydrogens (tertiary/aromatic N) is 2. The number of carbonyl (C=O) groups is 1. The Balaban J connectivity index is 1.98. The quantitative estimate of drug-likeness (QED) is 0.767. The van der Waals surface area contributed by atoms with Crippen LogP contribution < -0.4 is 5.32 Å². The maximum absolute atomic E-state index is 12.5. The minimum Gasteiger partial charge on any atom is -0.320 e. The number of fused-ring (bicyclic) bond motifs is 1. The molecule has 0 aliphatic rings. The number of halogens is 1. The normalized spacial score (nSPS) is 10.8. The summed E-state index contributed by atoms with van der Waals surface area (Å²) in [6.45, 7) is 2.00. The average molecular weight is 344 g/mol. The van der Waals surface area contributed by atoms with Crippen LogP contribution in [0.4, 0.5) is 5.69 Å². The summed E-state index contributed by atoms with van der Waals surface area (Å²) in [6, 6.07) is 13.5. The summed E-state index contributed by atoms with van der Waals surface area (Å²) < 4.78 is 2.57. The molecule has 0 aliphatic carbocycles. The van der Waals surface area contributed by atoms with Gasteiger partial charge >= 0.3 is 0 Å². The number of aryl methyl sites for hydroxylation is 2. The SMILES string of the molecule is Cc1ccc(NC(=O)c2nn(C)c3ccccc23)c(Br)c1. The van der Waals surface area contributed by atoms with E-state index in [-0.39, 0.29) is 5.91 Å². The first-order valence-corrected chi connectivity index (χ1v) is 7.35. The molecule has 1 aromatic heterocycles. The fourth-order valence-electron chi connectivity index (χ4n) is 2.28. The number of anilines is 1. The van der Waals surface area contributed by atoms with E-state index in [1.54, 1.807) is 4.68 Å². The summed E-state index contributed by atoms with van der Waals surface area (Å²) in [5.74, 6) is -0.212. The lowest BCUT2D eigenvalue weighted by Gasteiger charge is -2.06. The van der Waals surface area contributed by atoms with Gasteiger partial charge in [-0.15, -0.1) is 0 Å². The molecule has 1 N–H and O–H groups in total. The highest BCUT2D eigenvalue weighted by molar-refractivity contribution is 9.10. The highest BCUT2D eigenvalue weighted by Gasteiger charge is 2.16. The molecule has 0 radical (unpaired) electrons. The lowest BCUT2D eigenvalue weighted by Crippen LogP contribution is -2.13. The van der Waals surface area contributed by atoms with Gasteiger partial charge in [0.1, 0.15) is 0 Å². The van der Waals surface area contributed by atoms with E-state index in [0.717, 1.165) is 26.6 Å². The molecular formula is C16H14BrN3O.